The number of hydrogen-bond donors (Lipinski definition) is 0. The predicted octanol–water partition coefficient (Wildman–Crippen LogP) is 1.65. The maximum Gasteiger partial charge on any atom is 0.180 e. The zero-order valence-corrected chi connectivity index (χ0v) is 12.1. The third kappa shape index (κ3) is 3.77. The zero-order chi connectivity index (χ0) is 14.5. The lowest BCUT2D eigenvalue weighted by Gasteiger charge is -2.19. The predicted molar refractivity (Wildman–Crippen MR) is 75.8 cm³/mol. The van der Waals surface area contributed by atoms with E-state index in [1.807, 2.05) is 0 Å². The summed E-state index contributed by atoms with van der Waals surface area (Å²) >= 11 is 0. The van der Waals surface area contributed by atoms with Gasteiger partial charge in [-0.1, -0.05) is 0 Å². The summed E-state index contributed by atoms with van der Waals surface area (Å²) in [4.78, 5) is 16.7. The molecule has 1 heterocycles. The van der Waals surface area contributed by atoms with Crippen LogP contribution in [0.2, 0.25) is 0 Å². The number of halogens is 1. The first-order chi connectivity index (χ1) is 9.60. The molecule has 1 aliphatic rings. The highest BCUT2D eigenvalue weighted by Crippen LogP contribution is 2.20. The van der Waals surface area contributed by atoms with Gasteiger partial charge < -0.3 is 9.64 Å². The molecular formula is C15H21FN2O2. The first kappa shape index (κ1) is 14.9. The Morgan fingerprint density at radius 2 is 2.10 bits per heavy atom. The van der Waals surface area contributed by atoms with E-state index >= 15 is 0 Å². The summed E-state index contributed by atoms with van der Waals surface area (Å²) < 4.78 is 18.4. The Labute approximate surface area is 119 Å². The summed E-state index contributed by atoms with van der Waals surface area (Å²) in [5, 5.41) is 0. The lowest BCUT2D eigenvalue weighted by atomic mass is 10.1. The number of nitrogens with zero attached hydrogens (tertiary/aromatic N) is 2. The van der Waals surface area contributed by atoms with Gasteiger partial charge in [0.2, 0.25) is 0 Å². The molecule has 0 unspecified atom stereocenters. The van der Waals surface area contributed by atoms with Crippen LogP contribution in [0.5, 0.6) is 5.75 Å². The number of ketones is 1. The van der Waals surface area contributed by atoms with E-state index < -0.39 is 5.82 Å². The maximum absolute atomic E-state index is 13.3. The van der Waals surface area contributed by atoms with Crippen LogP contribution in [0.25, 0.3) is 0 Å². The van der Waals surface area contributed by atoms with Crippen LogP contribution in [-0.2, 0) is 0 Å². The van der Waals surface area contributed by atoms with E-state index in [-0.39, 0.29) is 5.78 Å². The van der Waals surface area contributed by atoms with Crippen LogP contribution < -0.4 is 4.74 Å². The summed E-state index contributed by atoms with van der Waals surface area (Å²) in [7, 11) is 3.58. The van der Waals surface area contributed by atoms with Crippen LogP contribution in [-0.4, -0.2) is 62.5 Å². The van der Waals surface area contributed by atoms with Gasteiger partial charge in [0.05, 0.1) is 19.2 Å². The van der Waals surface area contributed by atoms with E-state index in [0.717, 1.165) is 32.6 Å². The van der Waals surface area contributed by atoms with E-state index in [1.54, 1.807) is 0 Å². The average Bonchev–Trinajstić information content (AvgIpc) is 2.63. The van der Waals surface area contributed by atoms with Gasteiger partial charge in [0, 0.05) is 13.1 Å². The molecule has 0 N–H and O–H groups in total. The Bertz CT molecular complexity index is 479. The smallest absolute Gasteiger partial charge is 0.180 e. The molecule has 0 aromatic heterocycles. The van der Waals surface area contributed by atoms with E-state index in [9.17, 15) is 9.18 Å². The summed E-state index contributed by atoms with van der Waals surface area (Å²) in [6.07, 6.45) is 1.05. The van der Waals surface area contributed by atoms with Gasteiger partial charge in [0.25, 0.3) is 0 Å². The fraction of sp³-hybridized carbons (Fsp3) is 0.533. The van der Waals surface area contributed by atoms with Crippen molar-refractivity contribution in [2.24, 2.45) is 0 Å². The second kappa shape index (κ2) is 6.81. The number of benzene rings is 1. The monoisotopic (exact) mass is 280 g/mol. The Morgan fingerprint density at radius 3 is 2.85 bits per heavy atom. The van der Waals surface area contributed by atoms with E-state index in [4.69, 9.17) is 4.74 Å². The minimum absolute atomic E-state index is 0.0918. The molecule has 0 radical (unpaired) electrons. The Morgan fingerprint density at radius 1 is 1.30 bits per heavy atom. The van der Waals surface area contributed by atoms with Crippen molar-refractivity contribution >= 4 is 5.78 Å². The number of likely N-dealkylation sites (N-methyl/N-ethyl adjacent to an activating group) is 1. The highest BCUT2D eigenvalue weighted by Gasteiger charge is 2.19. The summed E-state index contributed by atoms with van der Waals surface area (Å²) in [5.41, 5.74) is 0.324. The Balaban J connectivity index is 2.06. The SMILES string of the molecule is COc1ccc(F)cc1C(=O)CN1CCCN(C)CC1. The van der Waals surface area contributed by atoms with Gasteiger partial charge in [-0.15, -0.1) is 0 Å². The van der Waals surface area contributed by atoms with Gasteiger partial charge in [0.15, 0.2) is 5.78 Å². The van der Waals surface area contributed by atoms with E-state index in [2.05, 4.69) is 16.8 Å². The van der Waals surface area contributed by atoms with Crippen LogP contribution in [0.3, 0.4) is 0 Å². The van der Waals surface area contributed by atoms with Crippen LogP contribution in [0.1, 0.15) is 16.8 Å². The minimum atomic E-state index is -0.412. The van der Waals surface area contributed by atoms with Gasteiger partial charge >= 0.3 is 0 Å². The molecule has 1 fully saturated rings. The number of Topliss-reactive ketones (excluding diaryl/α,β-unsaturated/α-hetero) is 1. The summed E-state index contributed by atoms with van der Waals surface area (Å²) in [6, 6.07) is 4.06. The molecule has 5 heteroatoms. The van der Waals surface area contributed by atoms with Crippen LogP contribution in [0.15, 0.2) is 18.2 Å². The number of carbonyl (C=O) groups is 1. The Hall–Kier alpha value is -1.46. The molecule has 1 aliphatic heterocycles. The lowest BCUT2D eigenvalue weighted by Crippen LogP contribution is -2.33. The topological polar surface area (TPSA) is 32.8 Å². The number of carbonyl (C=O) groups excluding carboxylic acids is 1. The fourth-order valence-corrected chi connectivity index (χ4v) is 2.44. The molecule has 1 saturated heterocycles. The third-order valence-corrected chi connectivity index (χ3v) is 3.64. The first-order valence-corrected chi connectivity index (χ1v) is 6.88. The van der Waals surface area contributed by atoms with Crippen LogP contribution in [0, 0.1) is 5.82 Å². The molecule has 0 atom stereocenters. The first-order valence-electron chi connectivity index (χ1n) is 6.88. The minimum Gasteiger partial charge on any atom is -0.496 e. The van der Waals surface area contributed by atoms with Gasteiger partial charge in [-0.05, 0) is 44.8 Å². The molecule has 20 heavy (non-hydrogen) atoms. The number of hydrogen-bond acceptors (Lipinski definition) is 4. The number of methoxy groups -OCH3 is 1. The summed E-state index contributed by atoms with van der Waals surface area (Å²) in [5.74, 6) is -0.0704. The number of rotatable bonds is 4. The molecule has 0 aliphatic carbocycles. The van der Waals surface area contributed by atoms with Gasteiger partial charge in [0.1, 0.15) is 11.6 Å². The van der Waals surface area contributed by atoms with Crippen molar-refractivity contribution in [1.82, 2.24) is 9.80 Å². The molecule has 0 amide bonds. The normalized spacial score (nSPS) is 17.8. The molecular weight excluding hydrogens is 259 g/mol. The van der Waals surface area contributed by atoms with Gasteiger partial charge in [-0.3, -0.25) is 9.69 Å². The van der Waals surface area contributed by atoms with Crippen molar-refractivity contribution < 1.29 is 13.9 Å². The molecule has 0 bridgehead atoms. The zero-order valence-electron chi connectivity index (χ0n) is 12.1. The molecule has 0 saturated carbocycles. The second-order valence-corrected chi connectivity index (χ2v) is 5.20. The van der Waals surface area contributed by atoms with Crippen LogP contribution >= 0.6 is 0 Å². The standard InChI is InChI=1S/C15H21FN2O2/c1-17-6-3-7-18(9-8-17)11-14(19)13-10-12(16)4-5-15(13)20-2/h4-5,10H,3,6-9,11H2,1-2H3. The molecule has 0 spiro atoms. The Kier molecular flexibility index (Phi) is 5.09. The number of ether oxygens (including phenoxy) is 1. The molecule has 4 nitrogen and oxygen atoms in total. The maximum atomic E-state index is 13.3. The lowest BCUT2D eigenvalue weighted by molar-refractivity contribution is 0.0930. The van der Waals surface area contributed by atoms with Crippen molar-refractivity contribution in [2.45, 2.75) is 6.42 Å². The second-order valence-electron chi connectivity index (χ2n) is 5.20. The van der Waals surface area contributed by atoms with Crippen molar-refractivity contribution in [3.63, 3.8) is 0 Å². The van der Waals surface area contributed by atoms with Gasteiger partial charge in [-0.25, -0.2) is 4.39 Å². The van der Waals surface area contributed by atoms with Crippen molar-refractivity contribution in [3.05, 3.63) is 29.6 Å². The quantitative estimate of drug-likeness (QED) is 0.785. The fourth-order valence-electron chi connectivity index (χ4n) is 2.44. The molecule has 1 aromatic rings. The average molecular weight is 280 g/mol. The van der Waals surface area contributed by atoms with Crippen molar-refractivity contribution in [1.29, 1.82) is 0 Å². The molecule has 110 valence electrons. The van der Waals surface area contributed by atoms with E-state index in [0.29, 0.717) is 17.9 Å². The van der Waals surface area contributed by atoms with Crippen molar-refractivity contribution in [3.8, 4) is 5.75 Å². The highest BCUT2D eigenvalue weighted by atomic mass is 19.1. The van der Waals surface area contributed by atoms with Gasteiger partial charge in [-0.2, -0.15) is 0 Å². The summed E-state index contributed by atoms with van der Waals surface area (Å²) in [6.45, 7) is 4.07. The highest BCUT2D eigenvalue weighted by molar-refractivity contribution is 6.00. The van der Waals surface area contributed by atoms with Crippen molar-refractivity contribution in [2.75, 3.05) is 46.9 Å². The van der Waals surface area contributed by atoms with Crippen LogP contribution in [0.4, 0.5) is 4.39 Å². The largest absolute Gasteiger partial charge is 0.496 e. The third-order valence-electron chi connectivity index (χ3n) is 3.64. The molecule has 2 rings (SSSR count). The van der Waals surface area contributed by atoms with E-state index in [1.165, 1.54) is 25.3 Å². The molecule has 1 aromatic carbocycles.